The molecular formula is C11H13NO6. The van der Waals surface area contributed by atoms with Crippen molar-refractivity contribution in [2.45, 2.75) is 12.2 Å². The van der Waals surface area contributed by atoms with Crippen molar-refractivity contribution in [3.8, 4) is 5.75 Å². The van der Waals surface area contributed by atoms with E-state index in [1.165, 1.54) is 19.2 Å². The Balaban J connectivity index is 2.72. The van der Waals surface area contributed by atoms with Gasteiger partial charge in [0.2, 0.25) is 0 Å². The van der Waals surface area contributed by atoms with Crippen LogP contribution in [0.3, 0.4) is 0 Å². The van der Waals surface area contributed by atoms with E-state index in [9.17, 15) is 14.7 Å². The maximum absolute atomic E-state index is 11.4. The molecule has 1 amide bonds. The second-order valence-corrected chi connectivity index (χ2v) is 3.45. The Morgan fingerprint density at radius 1 is 1.28 bits per heavy atom. The van der Waals surface area contributed by atoms with Gasteiger partial charge in [0.15, 0.2) is 12.2 Å². The van der Waals surface area contributed by atoms with Gasteiger partial charge in [0.25, 0.3) is 5.91 Å². The average molecular weight is 255 g/mol. The predicted molar refractivity (Wildman–Crippen MR) is 61.3 cm³/mol. The molecule has 1 rings (SSSR count). The monoisotopic (exact) mass is 255 g/mol. The number of carboxylic acids is 1. The summed E-state index contributed by atoms with van der Waals surface area (Å²) in [6.45, 7) is 0. The number of hydrogen-bond donors (Lipinski definition) is 4. The van der Waals surface area contributed by atoms with E-state index in [1.807, 2.05) is 0 Å². The Bertz CT molecular complexity index is 447. The summed E-state index contributed by atoms with van der Waals surface area (Å²) < 4.78 is 4.93. The van der Waals surface area contributed by atoms with Gasteiger partial charge >= 0.3 is 5.97 Å². The highest BCUT2D eigenvalue weighted by atomic mass is 16.5. The third-order valence-corrected chi connectivity index (χ3v) is 2.16. The number of carbonyl (C=O) groups excluding carboxylic acids is 1. The van der Waals surface area contributed by atoms with E-state index >= 15 is 0 Å². The first-order chi connectivity index (χ1) is 8.45. The normalized spacial score (nSPS) is 13.5. The minimum absolute atomic E-state index is 0.316. The molecule has 1 aromatic carbocycles. The largest absolute Gasteiger partial charge is 0.497 e. The fourth-order valence-corrected chi connectivity index (χ4v) is 1.20. The third kappa shape index (κ3) is 3.44. The Labute approximate surface area is 103 Å². The lowest BCUT2D eigenvalue weighted by Gasteiger charge is -2.14. The zero-order valence-electron chi connectivity index (χ0n) is 9.53. The lowest BCUT2D eigenvalue weighted by molar-refractivity contribution is -0.156. The predicted octanol–water partition coefficient (Wildman–Crippen LogP) is -0.560. The summed E-state index contributed by atoms with van der Waals surface area (Å²) in [6, 6.07) is 6.27. The molecular weight excluding hydrogens is 242 g/mol. The molecule has 0 saturated heterocycles. The smallest absolute Gasteiger partial charge is 0.335 e. The zero-order valence-corrected chi connectivity index (χ0v) is 9.53. The van der Waals surface area contributed by atoms with E-state index in [0.717, 1.165) is 0 Å². The summed E-state index contributed by atoms with van der Waals surface area (Å²) in [5, 5.41) is 29.0. The molecule has 2 unspecified atom stereocenters. The Morgan fingerprint density at radius 3 is 2.50 bits per heavy atom. The van der Waals surface area contributed by atoms with E-state index in [2.05, 4.69) is 5.32 Å². The molecule has 0 aliphatic heterocycles. The molecule has 0 bridgehead atoms. The van der Waals surface area contributed by atoms with Crippen molar-refractivity contribution in [1.29, 1.82) is 0 Å². The van der Waals surface area contributed by atoms with E-state index < -0.39 is 24.1 Å². The molecule has 0 fully saturated rings. The lowest BCUT2D eigenvalue weighted by Crippen LogP contribution is -2.42. The number of carboxylic acid groups (broad SMARTS) is 1. The third-order valence-electron chi connectivity index (χ3n) is 2.16. The number of aliphatic hydroxyl groups excluding tert-OH is 2. The summed E-state index contributed by atoms with van der Waals surface area (Å²) >= 11 is 0. The maximum Gasteiger partial charge on any atom is 0.335 e. The summed E-state index contributed by atoms with van der Waals surface area (Å²) in [6.07, 6.45) is -4.22. The van der Waals surface area contributed by atoms with Gasteiger partial charge in [-0.25, -0.2) is 4.79 Å². The summed E-state index contributed by atoms with van der Waals surface area (Å²) in [7, 11) is 1.45. The van der Waals surface area contributed by atoms with Crippen molar-refractivity contribution in [1.82, 2.24) is 0 Å². The van der Waals surface area contributed by atoms with Crippen molar-refractivity contribution < 1.29 is 29.6 Å². The molecule has 0 aromatic heterocycles. The molecule has 0 aliphatic rings. The minimum Gasteiger partial charge on any atom is -0.497 e. The van der Waals surface area contributed by atoms with Crippen LogP contribution in [0.4, 0.5) is 5.69 Å². The molecule has 18 heavy (non-hydrogen) atoms. The summed E-state index contributed by atoms with van der Waals surface area (Å²) in [5.74, 6) is -2.21. The molecule has 0 aliphatic carbocycles. The quantitative estimate of drug-likeness (QED) is 0.560. The van der Waals surface area contributed by atoms with Crippen LogP contribution in [0.15, 0.2) is 24.3 Å². The maximum atomic E-state index is 11.4. The van der Waals surface area contributed by atoms with Gasteiger partial charge in [-0.3, -0.25) is 4.79 Å². The van der Waals surface area contributed by atoms with Crippen LogP contribution in [0.2, 0.25) is 0 Å². The van der Waals surface area contributed by atoms with E-state index in [-0.39, 0.29) is 0 Å². The van der Waals surface area contributed by atoms with Crippen LogP contribution in [-0.2, 0) is 9.59 Å². The van der Waals surface area contributed by atoms with Gasteiger partial charge in [-0.1, -0.05) is 6.07 Å². The van der Waals surface area contributed by atoms with Crippen LogP contribution in [0.1, 0.15) is 0 Å². The SMILES string of the molecule is COc1cccc(NC(=O)C(O)C(O)C(=O)O)c1. The van der Waals surface area contributed by atoms with Gasteiger partial charge in [-0.15, -0.1) is 0 Å². The van der Waals surface area contributed by atoms with Crippen LogP contribution < -0.4 is 10.1 Å². The Hall–Kier alpha value is -2.12. The fourth-order valence-electron chi connectivity index (χ4n) is 1.20. The first kappa shape index (κ1) is 13.9. The van der Waals surface area contributed by atoms with Crippen LogP contribution in [-0.4, -0.2) is 46.5 Å². The molecule has 4 N–H and O–H groups in total. The molecule has 98 valence electrons. The highest BCUT2D eigenvalue weighted by molar-refractivity contribution is 5.97. The number of hydrogen-bond acceptors (Lipinski definition) is 5. The fraction of sp³-hybridized carbons (Fsp3) is 0.273. The van der Waals surface area contributed by atoms with Crippen molar-refractivity contribution in [2.24, 2.45) is 0 Å². The van der Waals surface area contributed by atoms with E-state index in [4.69, 9.17) is 14.9 Å². The number of nitrogens with one attached hydrogen (secondary N) is 1. The number of aliphatic carboxylic acids is 1. The van der Waals surface area contributed by atoms with Gasteiger partial charge < -0.3 is 25.4 Å². The number of anilines is 1. The zero-order chi connectivity index (χ0) is 13.7. The molecule has 7 heteroatoms. The van der Waals surface area contributed by atoms with Gasteiger partial charge in [-0.05, 0) is 12.1 Å². The highest BCUT2D eigenvalue weighted by Crippen LogP contribution is 2.17. The number of carbonyl (C=O) groups is 2. The average Bonchev–Trinajstić information content (AvgIpc) is 2.36. The van der Waals surface area contributed by atoms with Gasteiger partial charge in [-0.2, -0.15) is 0 Å². The minimum atomic E-state index is -2.17. The summed E-state index contributed by atoms with van der Waals surface area (Å²) in [4.78, 5) is 21.8. The molecule has 0 saturated carbocycles. The number of methoxy groups -OCH3 is 1. The number of rotatable bonds is 5. The van der Waals surface area contributed by atoms with Crippen LogP contribution in [0, 0.1) is 0 Å². The van der Waals surface area contributed by atoms with Gasteiger partial charge in [0.1, 0.15) is 5.75 Å². The van der Waals surface area contributed by atoms with Crippen LogP contribution in [0.25, 0.3) is 0 Å². The molecule has 2 atom stereocenters. The molecule has 0 heterocycles. The van der Waals surface area contributed by atoms with Gasteiger partial charge in [0, 0.05) is 11.8 Å². The Kier molecular flexibility index (Phi) is 4.64. The first-order valence-electron chi connectivity index (χ1n) is 4.99. The number of amides is 1. The second kappa shape index (κ2) is 5.99. The van der Waals surface area contributed by atoms with Crippen molar-refractivity contribution >= 4 is 17.6 Å². The number of ether oxygens (including phenoxy) is 1. The molecule has 0 spiro atoms. The van der Waals surface area contributed by atoms with E-state index in [1.54, 1.807) is 12.1 Å². The topological polar surface area (TPSA) is 116 Å². The van der Waals surface area contributed by atoms with Gasteiger partial charge in [0.05, 0.1) is 7.11 Å². The number of benzene rings is 1. The van der Waals surface area contributed by atoms with E-state index in [0.29, 0.717) is 11.4 Å². The lowest BCUT2D eigenvalue weighted by atomic mass is 10.2. The molecule has 7 nitrogen and oxygen atoms in total. The van der Waals surface area contributed by atoms with Crippen LogP contribution >= 0.6 is 0 Å². The molecule has 1 aromatic rings. The number of aliphatic hydroxyl groups is 2. The highest BCUT2D eigenvalue weighted by Gasteiger charge is 2.29. The van der Waals surface area contributed by atoms with Crippen molar-refractivity contribution in [3.05, 3.63) is 24.3 Å². The first-order valence-corrected chi connectivity index (χ1v) is 4.99. The summed E-state index contributed by atoms with van der Waals surface area (Å²) in [5.41, 5.74) is 0.316. The second-order valence-electron chi connectivity index (χ2n) is 3.45. The molecule has 0 radical (unpaired) electrons. The van der Waals surface area contributed by atoms with Crippen molar-refractivity contribution in [2.75, 3.05) is 12.4 Å². The standard InChI is InChI=1S/C11H13NO6/c1-18-7-4-2-3-6(5-7)12-10(15)8(13)9(14)11(16)17/h2-5,8-9,13-14H,1H3,(H,12,15)(H,16,17). The van der Waals surface area contributed by atoms with Crippen molar-refractivity contribution in [3.63, 3.8) is 0 Å². The van der Waals surface area contributed by atoms with Crippen LogP contribution in [0.5, 0.6) is 5.75 Å². The Morgan fingerprint density at radius 2 is 1.94 bits per heavy atom.